The zero-order chi connectivity index (χ0) is 21.0. The van der Waals surface area contributed by atoms with Gasteiger partial charge in [0.05, 0.1) is 6.33 Å². The van der Waals surface area contributed by atoms with Gasteiger partial charge in [0.2, 0.25) is 0 Å². The lowest BCUT2D eigenvalue weighted by atomic mass is 10.2. The van der Waals surface area contributed by atoms with Gasteiger partial charge < -0.3 is 20.9 Å². The van der Waals surface area contributed by atoms with Crippen LogP contribution < -0.4 is 16.0 Å². The molecule has 0 amide bonds. The predicted molar refractivity (Wildman–Crippen MR) is 138 cm³/mol. The molecule has 0 atom stereocenters. The van der Waals surface area contributed by atoms with Crippen molar-refractivity contribution in [2.75, 3.05) is 24.5 Å². The lowest BCUT2D eigenvalue weighted by Crippen LogP contribution is -2.33. The van der Waals surface area contributed by atoms with Crippen LogP contribution in [0.5, 0.6) is 0 Å². The van der Waals surface area contributed by atoms with Gasteiger partial charge in [-0.15, -0.1) is 24.0 Å². The number of aliphatic imine (C=N–C) groups is 1. The van der Waals surface area contributed by atoms with Gasteiger partial charge in [-0.25, -0.2) is 9.97 Å². The van der Waals surface area contributed by atoms with Crippen molar-refractivity contribution in [2.24, 2.45) is 10.7 Å². The van der Waals surface area contributed by atoms with E-state index in [9.17, 15) is 0 Å². The Labute approximate surface area is 205 Å². The van der Waals surface area contributed by atoms with Crippen molar-refractivity contribution >= 4 is 47.4 Å². The first-order valence-electron chi connectivity index (χ1n) is 10.1. The fourth-order valence-electron chi connectivity index (χ4n) is 3.06. The number of aromatic nitrogens is 3. The molecule has 7 nitrogen and oxygen atoms in total. The molecule has 166 valence electrons. The molecule has 0 spiro atoms. The summed E-state index contributed by atoms with van der Waals surface area (Å²) in [6, 6.07) is 13.9. The number of hydrogen-bond acceptors (Lipinski definition) is 4. The Morgan fingerprint density at radius 2 is 2.00 bits per heavy atom. The van der Waals surface area contributed by atoms with Crippen molar-refractivity contribution in [1.82, 2.24) is 20.3 Å². The van der Waals surface area contributed by atoms with E-state index in [0.29, 0.717) is 12.5 Å². The van der Waals surface area contributed by atoms with Crippen LogP contribution in [0.3, 0.4) is 0 Å². The lowest BCUT2D eigenvalue weighted by molar-refractivity contribution is 0.719. The highest BCUT2D eigenvalue weighted by Gasteiger charge is 2.08. The largest absolute Gasteiger partial charge is 0.370 e. The van der Waals surface area contributed by atoms with Gasteiger partial charge >= 0.3 is 0 Å². The van der Waals surface area contributed by atoms with E-state index >= 15 is 0 Å². The molecule has 0 saturated carbocycles. The molecule has 0 aliphatic carbocycles. The van der Waals surface area contributed by atoms with E-state index in [-0.39, 0.29) is 24.0 Å². The average Bonchev–Trinajstić information content (AvgIpc) is 3.29. The van der Waals surface area contributed by atoms with E-state index in [0.717, 1.165) is 55.4 Å². The molecule has 9 heteroatoms. The Bertz CT molecular complexity index is 886. The monoisotopic (exact) mass is 553 g/mol. The van der Waals surface area contributed by atoms with E-state index in [2.05, 4.69) is 30.2 Å². The number of H-pyrrole nitrogens is 1. The van der Waals surface area contributed by atoms with Crippen molar-refractivity contribution in [2.45, 2.75) is 25.8 Å². The number of rotatable bonds is 11. The number of aromatic amines is 1. The standard InChI is InChI=1S/C22H28ClN7.HI/c23-19-9-7-18(8-10-19)16-30(21-6-1-2-11-26-21)14-4-13-28-22(24)27-12-3-5-20-15-25-17-29-20;/h1-2,6-11,15,17H,3-5,12-14,16H2,(H,25,29)(H3,24,27,28);1H. The van der Waals surface area contributed by atoms with Crippen LogP contribution in [0.4, 0.5) is 5.82 Å². The van der Waals surface area contributed by atoms with Crippen LogP contribution in [-0.4, -0.2) is 40.5 Å². The third-order valence-electron chi connectivity index (χ3n) is 4.61. The second kappa shape index (κ2) is 13.9. The van der Waals surface area contributed by atoms with Gasteiger partial charge in [-0.1, -0.05) is 29.8 Å². The third kappa shape index (κ3) is 9.14. The third-order valence-corrected chi connectivity index (χ3v) is 4.86. The van der Waals surface area contributed by atoms with Crippen LogP contribution >= 0.6 is 35.6 Å². The summed E-state index contributed by atoms with van der Waals surface area (Å²) in [4.78, 5) is 18.3. The number of hydrogen-bond donors (Lipinski definition) is 3. The van der Waals surface area contributed by atoms with Crippen molar-refractivity contribution in [3.63, 3.8) is 0 Å². The zero-order valence-electron chi connectivity index (χ0n) is 17.4. The van der Waals surface area contributed by atoms with Gasteiger partial charge in [0.1, 0.15) is 5.82 Å². The smallest absolute Gasteiger partial charge is 0.188 e. The molecular formula is C22H29ClIN7. The number of benzene rings is 1. The lowest BCUT2D eigenvalue weighted by Gasteiger charge is -2.23. The average molecular weight is 554 g/mol. The minimum atomic E-state index is 0. The second-order valence-electron chi connectivity index (χ2n) is 6.96. The summed E-state index contributed by atoms with van der Waals surface area (Å²) in [5.41, 5.74) is 8.29. The van der Waals surface area contributed by atoms with E-state index in [1.54, 1.807) is 6.33 Å². The Morgan fingerprint density at radius 3 is 2.71 bits per heavy atom. The maximum absolute atomic E-state index is 6.01. The summed E-state index contributed by atoms with van der Waals surface area (Å²) < 4.78 is 0. The Morgan fingerprint density at radius 1 is 1.16 bits per heavy atom. The summed E-state index contributed by atoms with van der Waals surface area (Å²) in [6.07, 6.45) is 8.12. The number of nitrogens with one attached hydrogen (secondary N) is 2. The van der Waals surface area contributed by atoms with Gasteiger partial charge in [-0.2, -0.15) is 0 Å². The molecule has 0 fully saturated rings. The van der Waals surface area contributed by atoms with Gasteiger partial charge in [-0.3, -0.25) is 4.99 Å². The van der Waals surface area contributed by atoms with E-state index < -0.39 is 0 Å². The Kier molecular flexibility index (Phi) is 11.2. The first-order chi connectivity index (χ1) is 14.7. The molecule has 1 aromatic carbocycles. The molecule has 2 heterocycles. The number of pyridine rings is 1. The number of halogens is 2. The van der Waals surface area contributed by atoms with Crippen molar-refractivity contribution in [1.29, 1.82) is 0 Å². The number of aryl methyl sites for hydroxylation is 1. The minimum absolute atomic E-state index is 0. The summed E-state index contributed by atoms with van der Waals surface area (Å²) in [7, 11) is 0. The number of guanidine groups is 1. The molecule has 0 aliphatic rings. The van der Waals surface area contributed by atoms with Crippen LogP contribution in [0.2, 0.25) is 5.02 Å². The molecular weight excluding hydrogens is 525 g/mol. The quantitative estimate of drug-likeness (QED) is 0.144. The maximum atomic E-state index is 6.01. The van der Waals surface area contributed by atoms with E-state index in [4.69, 9.17) is 17.3 Å². The topological polar surface area (TPSA) is 95.2 Å². The highest BCUT2D eigenvalue weighted by molar-refractivity contribution is 14.0. The summed E-state index contributed by atoms with van der Waals surface area (Å²) in [5.74, 6) is 1.43. The normalized spacial score (nSPS) is 11.1. The molecule has 0 radical (unpaired) electrons. The van der Waals surface area contributed by atoms with Crippen molar-refractivity contribution in [3.05, 3.63) is 77.5 Å². The Hall–Kier alpha value is -2.33. The summed E-state index contributed by atoms with van der Waals surface area (Å²) in [6.45, 7) is 3.03. The molecule has 0 bridgehead atoms. The van der Waals surface area contributed by atoms with Crippen molar-refractivity contribution in [3.8, 4) is 0 Å². The fraction of sp³-hybridized carbons (Fsp3) is 0.318. The van der Waals surface area contributed by atoms with Crippen LogP contribution in [0.15, 0.2) is 66.2 Å². The van der Waals surface area contributed by atoms with Crippen LogP contribution in [0, 0.1) is 0 Å². The molecule has 31 heavy (non-hydrogen) atoms. The van der Waals surface area contributed by atoms with E-state index in [1.807, 2.05) is 54.9 Å². The van der Waals surface area contributed by atoms with Gasteiger partial charge in [-0.05, 0) is 49.1 Å². The first-order valence-corrected chi connectivity index (χ1v) is 10.5. The highest BCUT2D eigenvalue weighted by atomic mass is 127. The first kappa shape index (κ1) is 24.9. The molecule has 3 rings (SSSR count). The maximum Gasteiger partial charge on any atom is 0.188 e. The van der Waals surface area contributed by atoms with Gasteiger partial charge in [0.15, 0.2) is 5.96 Å². The van der Waals surface area contributed by atoms with Crippen molar-refractivity contribution < 1.29 is 0 Å². The van der Waals surface area contributed by atoms with Crippen LogP contribution in [0.25, 0.3) is 0 Å². The van der Waals surface area contributed by atoms with Gasteiger partial charge in [0.25, 0.3) is 0 Å². The molecule has 0 saturated heterocycles. The molecule has 2 aromatic heterocycles. The van der Waals surface area contributed by atoms with E-state index in [1.165, 1.54) is 5.56 Å². The zero-order valence-corrected chi connectivity index (χ0v) is 20.5. The van der Waals surface area contributed by atoms with Crippen LogP contribution in [0.1, 0.15) is 24.1 Å². The predicted octanol–water partition coefficient (Wildman–Crippen LogP) is 4.01. The number of nitrogens with zero attached hydrogens (tertiary/aromatic N) is 4. The minimum Gasteiger partial charge on any atom is -0.370 e. The summed E-state index contributed by atoms with van der Waals surface area (Å²) >= 11 is 6.01. The summed E-state index contributed by atoms with van der Waals surface area (Å²) in [5, 5.41) is 3.91. The number of imidazole rings is 1. The molecule has 0 aliphatic heterocycles. The molecule has 4 N–H and O–H groups in total. The molecule has 3 aromatic rings. The molecule has 0 unspecified atom stereocenters. The fourth-order valence-corrected chi connectivity index (χ4v) is 3.19. The SMILES string of the molecule is I.NC(=NCCCN(Cc1ccc(Cl)cc1)c1ccccn1)NCCCc1cnc[nH]1. The Balaban J connectivity index is 0.00000341. The van der Waals surface area contributed by atoms with Gasteiger partial charge in [0, 0.05) is 49.3 Å². The second-order valence-corrected chi connectivity index (χ2v) is 7.40. The number of nitrogens with two attached hydrogens (primary N) is 1. The number of anilines is 1. The van der Waals surface area contributed by atoms with Crippen LogP contribution in [-0.2, 0) is 13.0 Å². The highest BCUT2D eigenvalue weighted by Crippen LogP contribution is 2.16.